The molecule has 0 aliphatic carbocycles. The molecule has 1 heterocycles. The van der Waals surface area contributed by atoms with Gasteiger partial charge in [-0.3, -0.25) is 9.59 Å². The monoisotopic (exact) mass is 581 g/mol. The van der Waals surface area contributed by atoms with Crippen molar-refractivity contribution < 1.29 is 23.5 Å². The van der Waals surface area contributed by atoms with Crippen molar-refractivity contribution in [3.8, 4) is 5.75 Å². The topological polar surface area (TPSA) is 110 Å². The van der Waals surface area contributed by atoms with Crippen LogP contribution in [0.4, 0.5) is 0 Å². The number of hydrogen-bond acceptors (Lipinski definition) is 6. The first kappa shape index (κ1) is 23.7. The molecule has 0 radical (unpaired) electrons. The molecule has 0 atom stereocenters. The second-order valence-corrected chi connectivity index (χ2v) is 8.36. The van der Waals surface area contributed by atoms with Crippen LogP contribution in [0.2, 0.25) is 5.02 Å². The maximum absolute atomic E-state index is 12.2. The van der Waals surface area contributed by atoms with Crippen LogP contribution >= 0.6 is 43.5 Å². The molecule has 0 saturated carbocycles. The highest BCUT2D eigenvalue weighted by Crippen LogP contribution is 2.32. The summed E-state index contributed by atoms with van der Waals surface area (Å²) in [6, 6.07) is 12.6. The molecule has 2 N–H and O–H groups in total. The van der Waals surface area contributed by atoms with Crippen LogP contribution in [0.1, 0.15) is 26.5 Å². The van der Waals surface area contributed by atoms with Crippen LogP contribution in [0.5, 0.6) is 5.75 Å². The van der Waals surface area contributed by atoms with E-state index in [4.69, 9.17) is 20.8 Å². The van der Waals surface area contributed by atoms with E-state index in [2.05, 4.69) is 47.7 Å². The molecular formula is C21H14Br2ClN3O5. The molecule has 8 nitrogen and oxygen atoms in total. The van der Waals surface area contributed by atoms with Crippen LogP contribution in [0.15, 0.2) is 73.3 Å². The minimum Gasteiger partial charge on any atom is -0.457 e. The second kappa shape index (κ2) is 11.1. The summed E-state index contributed by atoms with van der Waals surface area (Å²) in [6.07, 6.45) is 2.66. The number of nitrogens with one attached hydrogen (secondary N) is 2. The van der Waals surface area contributed by atoms with Gasteiger partial charge in [0, 0.05) is 20.6 Å². The minimum atomic E-state index is -0.693. The minimum absolute atomic E-state index is 0.0347. The fourth-order valence-electron chi connectivity index (χ4n) is 2.40. The summed E-state index contributed by atoms with van der Waals surface area (Å²) in [4.78, 5) is 36.3. The number of amides is 2. The number of carbonyl (C=O) groups is 3. The highest BCUT2D eigenvalue weighted by molar-refractivity contribution is 9.11. The number of hydrogen-bond donors (Lipinski definition) is 2. The van der Waals surface area contributed by atoms with Crippen LogP contribution in [-0.4, -0.2) is 30.5 Å². The molecule has 3 rings (SSSR count). The Morgan fingerprint density at radius 2 is 1.88 bits per heavy atom. The quantitative estimate of drug-likeness (QED) is 0.184. The third kappa shape index (κ3) is 6.52. The maximum atomic E-state index is 12.2. The number of halogens is 3. The number of nitrogens with zero attached hydrogens (tertiary/aromatic N) is 1. The van der Waals surface area contributed by atoms with Crippen molar-refractivity contribution in [3.63, 3.8) is 0 Å². The van der Waals surface area contributed by atoms with Gasteiger partial charge in [-0.2, -0.15) is 5.10 Å². The zero-order chi connectivity index (χ0) is 23.1. The molecule has 164 valence electrons. The molecule has 11 heteroatoms. The Bertz CT molecular complexity index is 1160. The summed E-state index contributed by atoms with van der Waals surface area (Å²) in [5.41, 5.74) is 3.07. The highest BCUT2D eigenvalue weighted by atomic mass is 79.9. The van der Waals surface area contributed by atoms with E-state index >= 15 is 0 Å². The van der Waals surface area contributed by atoms with Gasteiger partial charge in [-0.1, -0.05) is 27.5 Å². The average Bonchev–Trinajstić information content (AvgIpc) is 3.30. The molecule has 0 spiro atoms. The Kier molecular flexibility index (Phi) is 8.20. The van der Waals surface area contributed by atoms with Gasteiger partial charge in [-0.25, -0.2) is 10.2 Å². The maximum Gasteiger partial charge on any atom is 0.379 e. The highest BCUT2D eigenvalue weighted by Gasteiger charge is 2.17. The van der Waals surface area contributed by atoms with Crippen LogP contribution in [-0.2, 0) is 4.79 Å². The van der Waals surface area contributed by atoms with Gasteiger partial charge in [0.15, 0.2) is 5.75 Å². The number of rotatable bonds is 7. The largest absolute Gasteiger partial charge is 0.457 e. The molecule has 0 bridgehead atoms. The first-order valence-corrected chi connectivity index (χ1v) is 10.9. The first-order valence-electron chi connectivity index (χ1n) is 8.94. The Balaban J connectivity index is 1.61. The van der Waals surface area contributed by atoms with Gasteiger partial charge in [-0.05, 0) is 64.5 Å². The molecule has 0 aliphatic rings. The summed E-state index contributed by atoms with van der Waals surface area (Å²) in [5, 5.41) is 6.84. The lowest BCUT2D eigenvalue weighted by Gasteiger charge is -2.09. The van der Waals surface area contributed by atoms with E-state index < -0.39 is 17.8 Å². The molecule has 1 aromatic heterocycles. The number of esters is 1. The van der Waals surface area contributed by atoms with Gasteiger partial charge >= 0.3 is 5.97 Å². The smallest absolute Gasteiger partial charge is 0.379 e. The van der Waals surface area contributed by atoms with Crippen LogP contribution in [0, 0.1) is 0 Å². The van der Waals surface area contributed by atoms with E-state index in [9.17, 15) is 14.4 Å². The first-order chi connectivity index (χ1) is 15.3. The van der Waals surface area contributed by atoms with Crippen LogP contribution < -0.4 is 15.5 Å². The van der Waals surface area contributed by atoms with Crippen molar-refractivity contribution in [2.24, 2.45) is 5.10 Å². The van der Waals surface area contributed by atoms with Gasteiger partial charge in [0.1, 0.15) is 0 Å². The van der Waals surface area contributed by atoms with Crippen LogP contribution in [0.25, 0.3) is 0 Å². The Morgan fingerprint density at radius 3 is 2.56 bits per heavy atom. The van der Waals surface area contributed by atoms with E-state index in [0.29, 0.717) is 25.1 Å². The fourth-order valence-corrected chi connectivity index (χ4v) is 3.86. The van der Waals surface area contributed by atoms with Gasteiger partial charge in [0.2, 0.25) is 5.76 Å². The lowest BCUT2D eigenvalue weighted by molar-refractivity contribution is -0.120. The zero-order valence-electron chi connectivity index (χ0n) is 16.1. The van der Waals surface area contributed by atoms with Crippen molar-refractivity contribution in [1.82, 2.24) is 10.7 Å². The second-order valence-electron chi connectivity index (χ2n) is 6.16. The molecule has 32 heavy (non-hydrogen) atoms. The zero-order valence-corrected chi connectivity index (χ0v) is 20.0. The van der Waals surface area contributed by atoms with Crippen molar-refractivity contribution in [3.05, 3.63) is 85.6 Å². The number of ether oxygens (including phenoxy) is 1. The number of carbonyl (C=O) groups excluding carboxylic acids is 3. The van der Waals surface area contributed by atoms with Crippen molar-refractivity contribution in [1.29, 1.82) is 0 Å². The molecule has 0 unspecified atom stereocenters. The SMILES string of the molecule is O=C(CNC(=O)c1ccc(Cl)cc1)N/N=C\c1cc(Br)cc(Br)c1OC(=O)c1ccco1. The van der Waals surface area contributed by atoms with Gasteiger partial charge in [0.05, 0.1) is 23.5 Å². The van der Waals surface area contributed by atoms with Gasteiger partial charge < -0.3 is 14.5 Å². The van der Waals surface area contributed by atoms with E-state index in [1.807, 2.05) is 0 Å². The summed E-state index contributed by atoms with van der Waals surface area (Å²) in [7, 11) is 0. The Hall–Kier alpha value is -2.95. The lowest BCUT2D eigenvalue weighted by Crippen LogP contribution is -2.34. The standard InChI is InChI=1S/C21H14Br2ClN3O5/c22-14-8-13(19(16(23)9-14)32-21(30)17-2-1-7-31-17)10-26-27-18(28)11-25-20(29)12-3-5-15(24)6-4-12/h1-10H,11H2,(H,25,29)(H,27,28)/b26-10-. The normalized spacial score (nSPS) is 10.7. The molecule has 2 amide bonds. The van der Waals surface area contributed by atoms with E-state index in [0.717, 1.165) is 0 Å². The predicted octanol–water partition coefficient (Wildman–Crippen LogP) is 4.56. The predicted molar refractivity (Wildman–Crippen MR) is 125 cm³/mol. The molecule has 2 aromatic carbocycles. The summed E-state index contributed by atoms with van der Waals surface area (Å²) < 4.78 is 11.6. The molecular weight excluding hydrogens is 570 g/mol. The lowest BCUT2D eigenvalue weighted by atomic mass is 10.2. The van der Waals surface area contributed by atoms with E-state index in [1.54, 1.807) is 42.5 Å². The number of benzene rings is 2. The average molecular weight is 584 g/mol. The third-order valence-electron chi connectivity index (χ3n) is 3.86. The summed E-state index contributed by atoms with van der Waals surface area (Å²) in [5.74, 6) is -1.45. The van der Waals surface area contributed by atoms with Crippen molar-refractivity contribution in [2.45, 2.75) is 0 Å². The summed E-state index contributed by atoms with van der Waals surface area (Å²) in [6.45, 7) is -0.290. The van der Waals surface area contributed by atoms with Crippen molar-refractivity contribution in [2.75, 3.05) is 6.54 Å². The third-order valence-corrected chi connectivity index (χ3v) is 5.16. The van der Waals surface area contributed by atoms with Gasteiger partial charge in [0.25, 0.3) is 11.8 Å². The Labute approximate surface area is 204 Å². The van der Waals surface area contributed by atoms with Crippen molar-refractivity contribution >= 4 is 67.5 Å². The van der Waals surface area contributed by atoms with E-state index in [-0.39, 0.29) is 18.1 Å². The van der Waals surface area contributed by atoms with Crippen LogP contribution in [0.3, 0.4) is 0 Å². The van der Waals surface area contributed by atoms with E-state index in [1.165, 1.54) is 18.5 Å². The van der Waals surface area contributed by atoms with Gasteiger partial charge in [-0.15, -0.1) is 0 Å². The Morgan fingerprint density at radius 1 is 1.12 bits per heavy atom. The molecule has 0 aliphatic heterocycles. The molecule has 3 aromatic rings. The molecule has 0 saturated heterocycles. The summed E-state index contributed by atoms with van der Waals surface area (Å²) >= 11 is 12.5. The number of furan rings is 1. The fraction of sp³-hybridized carbons (Fsp3) is 0.0476. The molecule has 0 fully saturated rings. The number of hydrazone groups is 1.